The first-order valence-electron chi connectivity index (χ1n) is 6.36. The highest BCUT2D eigenvalue weighted by Crippen LogP contribution is 2.19. The summed E-state index contributed by atoms with van der Waals surface area (Å²) in [5, 5.41) is 3.06. The Morgan fingerprint density at radius 2 is 2.31 bits per heavy atom. The predicted octanol–water partition coefficient (Wildman–Crippen LogP) is 0.764. The number of rotatable bonds is 4. The highest BCUT2D eigenvalue weighted by Gasteiger charge is 2.30. The van der Waals surface area contributed by atoms with E-state index in [1.165, 1.54) is 0 Å². The summed E-state index contributed by atoms with van der Waals surface area (Å²) in [5.41, 5.74) is 0. The van der Waals surface area contributed by atoms with E-state index in [-0.39, 0.29) is 11.9 Å². The third-order valence-corrected chi connectivity index (χ3v) is 3.48. The van der Waals surface area contributed by atoms with Gasteiger partial charge in [-0.3, -0.25) is 9.69 Å². The van der Waals surface area contributed by atoms with Crippen LogP contribution in [0.25, 0.3) is 0 Å². The van der Waals surface area contributed by atoms with Gasteiger partial charge in [0.2, 0.25) is 5.91 Å². The van der Waals surface area contributed by atoms with E-state index in [4.69, 9.17) is 4.74 Å². The molecule has 2 atom stereocenters. The zero-order chi connectivity index (χ0) is 11.5. The lowest BCUT2D eigenvalue weighted by molar-refractivity contribution is -0.129. The van der Waals surface area contributed by atoms with Gasteiger partial charge < -0.3 is 10.1 Å². The fourth-order valence-corrected chi connectivity index (χ4v) is 2.06. The lowest BCUT2D eigenvalue weighted by Crippen LogP contribution is -2.52. The van der Waals surface area contributed by atoms with Gasteiger partial charge in [0.05, 0.1) is 18.8 Å². The third kappa shape index (κ3) is 2.95. The van der Waals surface area contributed by atoms with Crippen LogP contribution >= 0.6 is 0 Å². The standard InChI is InChI=1S/C12H22N2O2/c1-3-11-8-14(6-7-16-11)9(2)12(15)13-10-4-5-10/h9-11H,3-8H2,1-2H3,(H,13,15)/t9-,11-/m0/s1. The molecule has 1 heterocycles. The quantitative estimate of drug-likeness (QED) is 0.769. The largest absolute Gasteiger partial charge is 0.376 e. The molecular weight excluding hydrogens is 204 g/mol. The summed E-state index contributed by atoms with van der Waals surface area (Å²) in [6, 6.07) is 0.441. The summed E-state index contributed by atoms with van der Waals surface area (Å²) in [4.78, 5) is 14.1. The van der Waals surface area contributed by atoms with Gasteiger partial charge in [0, 0.05) is 19.1 Å². The fraction of sp³-hybridized carbons (Fsp3) is 0.917. The summed E-state index contributed by atoms with van der Waals surface area (Å²) in [7, 11) is 0. The van der Waals surface area contributed by atoms with Gasteiger partial charge in [0.15, 0.2) is 0 Å². The Morgan fingerprint density at radius 1 is 1.56 bits per heavy atom. The Balaban J connectivity index is 1.82. The number of morpholine rings is 1. The number of nitrogens with zero attached hydrogens (tertiary/aromatic N) is 1. The number of carbonyl (C=O) groups excluding carboxylic acids is 1. The zero-order valence-electron chi connectivity index (χ0n) is 10.2. The second-order valence-corrected chi connectivity index (χ2v) is 4.85. The van der Waals surface area contributed by atoms with E-state index in [0.717, 1.165) is 39.0 Å². The van der Waals surface area contributed by atoms with E-state index >= 15 is 0 Å². The first kappa shape index (κ1) is 11.9. The van der Waals surface area contributed by atoms with Gasteiger partial charge in [-0.15, -0.1) is 0 Å². The first-order valence-corrected chi connectivity index (χ1v) is 6.36. The molecule has 1 aliphatic heterocycles. The van der Waals surface area contributed by atoms with Gasteiger partial charge in [-0.05, 0) is 26.2 Å². The van der Waals surface area contributed by atoms with Crippen LogP contribution in [0.5, 0.6) is 0 Å². The Kier molecular flexibility index (Phi) is 3.82. The molecule has 0 radical (unpaired) electrons. The molecule has 0 aromatic carbocycles. The van der Waals surface area contributed by atoms with Crippen LogP contribution in [0.3, 0.4) is 0 Å². The normalized spacial score (nSPS) is 28.8. The number of carbonyl (C=O) groups is 1. The maximum atomic E-state index is 11.9. The Bertz CT molecular complexity index is 253. The number of hydrogen-bond donors (Lipinski definition) is 1. The van der Waals surface area contributed by atoms with Gasteiger partial charge in [-0.1, -0.05) is 6.92 Å². The van der Waals surface area contributed by atoms with Crippen LogP contribution in [0.4, 0.5) is 0 Å². The van der Waals surface area contributed by atoms with Crippen LogP contribution in [0, 0.1) is 0 Å². The van der Waals surface area contributed by atoms with E-state index in [1.807, 2.05) is 6.92 Å². The average molecular weight is 226 g/mol. The molecule has 1 amide bonds. The molecule has 1 saturated heterocycles. The summed E-state index contributed by atoms with van der Waals surface area (Å²) in [6.45, 7) is 6.63. The van der Waals surface area contributed by atoms with Crippen molar-refractivity contribution in [2.24, 2.45) is 0 Å². The maximum Gasteiger partial charge on any atom is 0.237 e. The van der Waals surface area contributed by atoms with Gasteiger partial charge >= 0.3 is 0 Å². The number of nitrogens with one attached hydrogen (secondary N) is 1. The first-order chi connectivity index (χ1) is 7.70. The van der Waals surface area contributed by atoms with Crippen molar-refractivity contribution in [1.29, 1.82) is 0 Å². The number of ether oxygens (including phenoxy) is 1. The molecule has 0 unspecified atom stereocenters. The van der Waals surface area contributed by atoms with Crippen molar-refractivity contribution in [3.8, 4) is 0 Å². The van der Waals surface area contributed by atoms with E-state index in [0.29, 0.717) is 12.1 Å². The molecule has 2 rings (SSSR count). The van der Waals surface area contributed by atoms with Crippen molar-refractivity contribution >= 4 is 5.91 Å². The minimum absolute atomic E-state index is 0.0152. The van der Waals surface area contributed by atoms with Crippen LogP contribution in [0.1, 0.15) is 33.1 Å². The van der Waals surface area contributed by atoms with Gasteiger partial charge in [-0.25, -0.2) is 0 Å². The molecule has 92 valence electrons. The molecular formula is C12H22N2O2. The van der Waals surface area contributed by atoms with E-state index in [9.17, 15) is 4.79 Å². The van der Waals surface area contributed by atoms with Crippen molar-refractivity contribution in [3.05, 3.63) is 0 Å². The molecule has 4 nitrogen and oxygen atoms in total. The number of hydrogen-bond acceptors (Lipinski definition) is 3. The monoisotopic (exact) mass is 226 g/mol. The Labute approximate surface area is 97.3 Å². The van der Waals surface area contributed by atoms with Gasteiger partial charge in [-0.2, -0.15) is 0 Å². The van der Waals surface area contributed by atoms with Gasteiger partial charge in [0.1, 0.15) is 0 Å². The molecule has 2 aliphatic rings. The average Bonchev–Trinajstić information content (AvgIpc) is 3.12. The Hall–Kier alpha value is -0.610. The molecule has 0 aromatic rings. The van der Waals surface area contributed by atoms with E-state index < -0.39 is 0 Å². The van der Waals surface area contributed by atoms with Crippen LogP contribution in [-0.2, 0) is 9.53 Å². The van der Waals surface area contributed by atoms with Crippen LogP contribution in [0.2, 0.25) is 0 Å². The number of amides is 1. The second kappa shape index (κ2) is 5.15. The minimum atomic E-state index is -0.0152. The molecule has 0 bridgehead atoms. The van der Waals surface area contributed by atoms with Crippen molar-refractivity contribution in [1.82, 2.24) is 10.2 Å². The highest BCUT2D eigenvalue weighted by molar-refractivity contribution is 5.81. The minimum Gasteiger partial charge on any atom is -0.376 e. The molecule has 2 fully saturated rings. The summed E-state index contributed by atoms with van der Waals surface area (Å²) in [5.74, 6) is 0.180. The lowest BCUT2D eigenvalue weighted by atomic mass is 10.1. The zero-order valence-corrected chi connectivity index (χ0v) is 10.2. The molecule has 1 aliphatic carbocycles. The van der Waals surface area contributed by atoms with Gasteiger partial charge in [0.25, 0.3) is 0 Å². The fourth-order valence-electron chi connectivity index (χ4n) is 2.06. The SMILES string of the molecule is CC[C@H]1CN([C@@H](C)C(=O)NC2CC2)CCO1. The van der Waals surface area contributed by atoms with Crippen LogP contribution < -0.4 is 5.32 Å². The van der Waals surface area contributed by atoms with Crippen molar-refractivity contribution in [2.45, 2.75) is 51.3 Å². The topological polar surface area (TPSA) is 41.6 Å². The summed E-state index contributed by atoms with van der Waals surface area (Å²) < 4.78 is 5.61. The summed E-state index contributed by atoms with van der Waals surface area (Å²) in [6.07, 6.45) is 3.62. The molecule has 0 spiro atoms. The Morgan fingerprint density at radius 3 is 2.94 bits per heavy atom. The van der Waals surface area contributed by atoms with Crippen molar-refractivity contribution in [2.75, 3.05) is 19.7 Å². The smallest absolute Gasteiger partial charge is 0.237 e. The summed E-state index contributed by atoms with van der Waals surface area (Å²) >= 11 is 0. The van der Waals surface area contributed by atoms with Crippen molar-refractivity contribution in [3.63, 3.8) is 0 Å². The molecule has 1 saturated carbocycles. The molecule has 1 N–H and O–H groups in total. The lowest BCUT2D eigenvalue weighted by Gasteiger charge is -2.35. The van der Waals surface area contributed by atoms with E-state index in [1.54, 1.807) is 0 Å². The predicted molar refractivity (Wildman–Crippen MR) is 62.2 cm³/mol. The maximum absolute atomic E-state index is 11.9. The van der Waals surface area contributed by atoms with E-state index in [2.05, 4.69) is 17.1 Å². The van der Waals surface area contributed by atoms with Crippen LogP contribution in [0.15, 0.2) is 0 Å². The molecule has 16 heavy (non-hydrogen) atoms. The third-order valence-electron chi connectivity index (χ3n) is 3.48. The second-order valence-electron chi connectivity index (χ2n) is 4.85. The van der Waals surface area contributed by atoms with Crippen molar-refractivity contribution < 1.29 is 9.53 Å². The molecule has 0 aromatic heterocycles. The highest BCUT2D eigenvalue weighted by atomic mass is 16.5. The molecule has 4 heteroatoms. The van der Waals surface area contributed by atoms with Crippen LogP contribution in [-0.4, -0.2) is 48.7 Å².